The van der Waals surface area contributed by atoms with Gasteiger partial charge in [-0.15, -0.1) is 0 Å². The molecule has 0 bridgehead atoms. The summed E-state index contributed by atoms with van der Waals surface area (Å²) in [5, 5.41) is 13.2. The van der Waals surface area contributed by atoms with Gasteiger partial charge < -0.3 is 15.2 Å². The highest BCUT2D eigenvalue weighted by Gasteiger charge is 2.22. The van der Waals surface area contributed by atoms with E-state index >= 15 is 0 Å². The van der Waals surface area contributed by atoms with Crippen LogP contribution in [0.5, 0.6) is 0 Å². The van der Waals surface area contributed by atoms with Crippen LogP contribution in [-0.4, -0.2) is 52.7 Å². The molecular formula is C15H31NO3S. The summed E-state index contributed by atoms with van der Waals surface area (Å²) < 4.78 is 16.9. The standard InChI is InChI=1S/C15H31NO3S/c1-12-6-4-5-7-15(12)19-11-14(17)10-16-13(2)8-9-20(3)18/h12-17H,4-11H2,1-3H3. The van der Waals surface area contributed by atoms with Crippen LogP contribution in [0.4, 0.5) is 0 Å². The third kappa shape index (κ3) is 7.72. The van der Waals surface area contributed by atoms with Crippen LogP contribution in [0.15, 0.2) is 0 Å². The first-order valence-corrected chi connectivity index (χ1v) is 9.54. The van der Waals surface area contributed by atoms with Crippen molar-refractivity contribution in [3.8, 4) is 0 Å². The van der Waals surface area contributed by atoms with Gasteiger partial charge in [0.05, 0.1) is 18.8 Å². The summed E-state index contributed by atoms with van der Waals surface area (Å²) in [6.07, 6.45) is 7.37. The molecule has 0 aromatic rings. The average molecular weight is 305 g/mol. The van der Waals surface area contributed by atoms with E-state index in [1.807, 2.05) is 0 Å². The van der Waals surface area contributed by atoms with Crippen molar-refractivity contribution in [2.24, 2.45) is 5.92 Å². The number of rotatable bonds is 9. The first-order chi connectivity index (χ1) is 9.49. The number of aliphatic hydroxyl groups is 1. The molecule has 0 amide bonds. The maximum absolute atomic E-state index is 11.0. The average Bonchev–Trinajstić information content (AvgIpc) is 2.42. The molecule has 0 aliphatic heterocycles. The zero-order chi connectivity index (χ0) is 15.0. The Labute approximate surface area is 126 Å². The van der Waals surface area contributed by atoms with E-state index in [0.29, 0.717) is 30.9 Å². The maximum Gasteiger partial charge on any atom is 0.0897 e. The van der Waals surface area contributed by atoms with Gasteiger partial charge in [-0.2, -0.15) is 0 Å². The van der Waals surface area contributed by atoms with Crippen molar-refractivity contribution >= 4 is 10.8 Å². The van der Waals surface area contributed by atoms with Crippen LogP contribution in [-0.2, 0) is 15.5 Å². The van der Waals surface area contributed by atoms with Gasteiger partial charge in [-0.25, -0.2) is 0 Å². The van der Waals surface area contributed by atoms with Crippen LogP contribution in [0.25, 0.3) is 0 Å². The molecule has 0 saturated heterocycles. The highest BCUT2D eigenvalue weighted by Crippen LogP contribution is 2.26. The first kappa shape index (κ1) is 18.1. The van der Waals surface area contributed by atoms with Crippen molar-refractivity contribution < 1.29 is 14.1 Å². The summed E-state index contributed by atoms with van der Waals surface area (Å²) in [5.41, 5.74) is 0. The van der Waals surface area contributed by atoms with Gasteiger partial charge in [0.2, 0.25) is 0 Å². The molecule has 0 radical (unpaired) electrons. The largest absolute Gasteiger partial charge is 0.389 e. The SMILES string of the molecule is CC(CCS(C)=O)NCC(O)COC1CCCCC1C. The predicted molar refractivity (Wildman–Crippen MR) is 84.4 cm³/mol. The Morgan fingerprint density at radius 2 is 2.10 bits per heavy atom. The molecule has 120 valence electrons. The Bertz CT molecular complexity index is 288. The number of nitrogens with one attached hydrogen (secondary N) is 1. The topological polar surface area (TPSA) is 58.6 Å². The Hall–Kier alpha value is 0.0300. The highest BCUT2D eigenvalue weighted by atomic mass is 32.2. The van der Waals surface area contributed by atoms with E-state index in [2.05, 4.69) is 19.2 Å². The lowest BCUT2D eigenvalue weighted by Gasteiger charge is -2.29. The molecule has 1 aliphatic carbocycles. The molecule has 5 unspecified atom stereocenters. The van der Waals surface area contributed by atoms with Gasteiger partial charge in [0.15, 0.2) is 0 Å². The van der Waals surface area contributed by atoms with Crippen LogP contribution >= 0.6 is 0 Å². The number of hydrogen-bond donors (Lipinski definition) is 2. The van der Waals surface area contributed by atoms with E-state index in [9.17, 15) is 9.32 Å². The second kappa shape index (κ2) is 9.87. The van der Waals surface area contributed by atoms with Crippen LogP contribution in [0.2, 0.25) is 0 Å². The van der Waals surface area contributed by atoms with Gasteiger partial charge in [-0.1, -0.05) is 19.8 Å². The van der Waals surface area contributed by atoms with Crippen molar-refractivity contribution in [1.29, 1.82) is 0 Å². The van der Waals surface area contributed by atoms with Crippen LogP contribution in [0.3, 0.4) is 0 Å². The summed E-state index contributed by atoms with van der Waals surface area (Å²) in [5.74, 6) is 1.32. The van der Waals surface area contributed by atoms with E-state index in [1.165, 1.54) is 19.3 Å². The maximum atomic E-state index is 11.0. The molecule has 20 heavy (non-hydrogen) atoms. The third-order valence-electron chi connectivity index (χ3n) is 4.08. The highest BCUT2D eigenvalue weighted by molar-refractivity contribution is 7.84. The lowest BCUT2D eigenvalue weighted by molar-refractivity contribution is -0.0455. The molecule has 1 rings (SSSR count). The predicted octanol–water partition coefficient (Wildman–Crippen LogP) is 1.69. The Kier molecular flexibility index (Phi) is 8.93. The van der Waals surface area contributed by atoms with Gasteiger partial charge >= 0.3 is 0 Å². The zero-order valence-corrected chi connectivity index (χ0v) is 14.0. The van der Waals surface area contributed by atoms with Crippen LogP contribution in [0, 0.1) is 5.92 Å². The van der Waals surface area contributed by atoms with Gasteiger partial charge in [0, 0.05) is 35.4 Å². The summed E-state index contributed by atoms with van der Waals surface area (Å²) >= 11 is 0. The van der Waals surface area contributed by atoms with E-state index in [-0.39, 0.29) is 6.04 Å². The minimum absolute atomic E-state index is 0.280. The van der Waals surface area contributed by atoms with Crippen molar-refractivity contribution in [2.45, 2.75) is 64.2 Å². The van der Waals surface area contributed by atoms with Gasteiger partial charge in [0.25, 0.3) is 0 Å². The first-order valence-electron chi connectivity index (χ1n) is 7.82. The van der Waals surface area contributed by atoms with E-state index < -0.39 is 16.9 Å². The summed E-state index contributed by atoms with van der Waals surface area (Å²) in [6, 6.07) is 0.280. The molecule has 0 aromatic carbocycles. The molecule has 1 aliphatic rings. The number of aliphatic hydroxyl groups excluding tert-OH is 1. The normalized spacial score (nSPS) is 28.0. The van der Waals surface area contributed by atoms with Crippen molar-refractivity contribution in [2.75, 3.05) is 25.2 Å². The molecule has 5 atom stereocenters. The molecule has 5 heteroatoms. The molecule has 1 fully saturated rings. The summed E-state index contributed by atoms with van der Waals surface area (Å²) in [4.78, 5) is 0. The lowest BCUT2D eigenvalue weighted by atomic mass is 9.88. The van der Waals surface area contributed by atoms with E-state index in [4.69, 9.17) is 4.74 Å². The fourth-order valence-electron chi connectivity index (χ4n) is 2.61. The van der Waals surface area contributed by atoms with E-state index in [0.717, 1.165) is 12.8 Å². The summed E-state index contributed by atoms with van der Waals surface area (Å²) in [7, 11) is -0.738. The molecule has 1 saturated carbocycles. The minimum atomic E-state index is -0.738. The van der Waals surface area contributed by atoms with Gasteiger partial charge in [0.1, 0.15) is 0 Å². The van der Waals surface area contributed by atoms with Crippen LogP contribution in [0.1, 0.15) is 46.0 Å². The van der Waals surface area contributed by atoms with Gasteiger partial charge in [-0.3, -0.25) is 4.21 Å². The fourth-order valence-corrected chi connectivity index (χ4v) is 3.29. The van der Waals surface area contributed by atoms with Crippen LogP contribution < -0.4 is 5.32 Å². The Balaban J connectivity index is 2.10. The summed E-state index contributed by atoms with van der Waals surface area (Å²) in [6.45, 7) is 5.25. The molecule has 4 nitrogen and oxygen atoms in total. The van der Waals surface area contributed by atoms with E-state index in [1.54, 1.807) is 6.26 Å². The number of ether oxygens (including phenoxy) is 1. The van der Waals surface area contributed by atoms with Crippen molar-refractivity contribution in [1.82, 2.24) is 5.32 Å². The van der Waals surface area contributed by atoms with Crippen molar-refractivity contribution in [3.05, 3.63) is 0 Å². The second-order valence-corrected chi connectivity index (χ2v) is 7.72. The van der Waals surface area contributed by atoms with Gasteiger partial charge in [-0.05, 0) is 32.1 Å². The Morgan fingerprint density at radius 3 is 2.75 bits per heavy atom. The third-order valence-corrected chi connectivity index (χ3v) is 4.89. The molecule has 0 spiro atoms. The second-order valence-electron chi connectivity index (χ2n) is 6.16. The molecular weight excluding hydrogens is 274 g/mol. The minimum Gasteiger partial charge on any atom is -0.389 e. The smallest absolute Gasteiger partial charge is 0.0897 e. The lowest BCUT2D eigenvalue weighted by Crippen LogP contribution is -2.38. The monoisotopic (exact) mass is 305 g/mol. The molecule has 0 aromatic heterocycles. The zero-order valence-electron chi connectivity index (χ0n) is 13.1. The molecule has 2 N–H and O–H groups in total. The quantitative estimate of drug-likeness (QED) is 0.680. The van der Waals surface area contributed by atoms with Crippen molar-refractivity contribution in [3.63, 3.8) is 0 Å². The Morgan fingerprint density at radius 1 is 1.40 bits per heavy atom. The fraction of sp³-hybridized carbons (Fsp3) is 1.00. The number of hydrogen-bond acceptors (Lipinski definition) is 4. The molecule has 0 heterocycles.